The Morgan fingerprint density at radius 3 is 2.90 bits per heavy atom. The summed E-state index contributed by atoms with van der Waals surface area (Å²) >= 11 is 7.52. The second-order valence-electron chi connectivity index (χ2n) is 4.21. The minimum Gasteiger partial charge on any atom is -0.467 e. The van der Waals surface area contributed by atoms with Crippen LogP contribution in [0.2, 0.25) is 4.34 Å². The van der Waals surface area contributed by atoms with Gasteiger partial charge in [-0.05, 0) is 31.2 Å². The number of furan rings is 1. The van der Waals surface area contributed by atoms with Crippen LogP contribution >= 0.6 is 22.9 Å². The predicted octanol–water partition coefficient (Wildman–Crippen LogP) is 3.57. The summed E-state index contributed by atoms with van der Waals surface area (Å²) in [5.74, 6) is 1.98. The number of halogens is 1. The van der Waals surface area contributed by atoms with E-state index in [-0.39, 0.29) is 6.04 Å². The van der Waals surface area contributed by atoms with Gasteiger partial charge in [0.1, 0.15) is 11.8 Å². The molecule has 7 heteroatoms. The van der Waals surface area contributed by atoms with Crippen LogP contribution in [0.4, 0.5) is 0 Å². The molecular formula is C13H12ClN3O2S. The summed E-state index contributed by atoms with van der Waals surface area (Å²) in [4.78, 5) is 5.24. The van der Waals surface area contributed by atoms with E-state index in [0.717, 1.165) is 15.0 Å². The van der Waals surface area contributed by atoms with Gasteiger partial charge in [0.2, 0.25) is 5.89 Å². The van der Waals surface area contributed by atoms with Crippen molar-refractivity contribution in [2.75, 3.05) is 0 Å². The number of aromatic nitrogens is 2. The van der Waals surface area contributed by atoms with Gasteiger partial charge in [-0.3, -0.25) is 5.32 Å². The molecule has 104 valence electrons. The quantitative estimate of drug-likeness (QED) is 0.780. The maximum absolute atomic E-state index is 6.01. The Labute approximate surface area is 124 Å². The minimum atomic E-state index is -0.0882. The van der Waals surface area contributed by atoms with Crippen molar-refractivity contribution < 1.29 is 8.94 Å². The Kier molecular flexibility index (Phi) is 3.86. The summed E-state index contributed by atoms with van der Waals surface area (Å²) < 4.78 is 11.3. The predicted molar refractivity (Wildman–Crippen MR) is 75.8 cm³/mol. The molecule has 3 rings (SSSR count). The number of nitrogens with zero attached hydrogens (tertiary/aromatic N) is 2. The Hall–Kier alpha value is -1.63. The van der Waals surface area contributed by atoms with E-state index in [1.807, 2.05) is 24.3 Å². The largest absolute Gasteiger partial charge is 0.467 e. The fourth-order valence-corrected chi connectivity index (χ4v) is 3.03. The standard InChI is InChI=1S/C13H12ClN3O2S/c1-8-16-12(19-17-8)7-15-13(9-3-2-6-18-9)10-4-5-11(14)20-10/h2-6,13,15H,7H2,1H3. The molecule has 1 unspecified atom stereocenters. The lowest BCUT2D eigenvalue weighted by molar-refractivity contribution is 0.353. The Morgan fingerprint density at radius 2 is 2.30 bits per heavy atom. The molecule has 0 amide bonds. The molecular weight excluding hydrogens is 298 g/mol. The van der Waals surface area contributed by atoms with Crippen molar-refractivity contribution >= 4 is 22.9 Å². The van der Waals surface area contributed by atoms with Crippen LogP contribution in [0.25, 0.3) is 0 Å². The number of aryl methyl sites for hydroxylation is 1. The van der Waals surface area contributed by atoms with Gasteiger partial charge in [0.15, 0.2) is 5.82 Å². The zero-order valence-electron chi connectivity index (χ0n) is 10.7. The van der Waals surface area contributed by atoms with Crippen LogP contribution < -0.4 is 5.32 Å². The zero-order chi connectivity index (χ0) is 13.9. The SMILES string of the molecule is Cc1noc(CNC(c2ccco2)c2ccc(Cl)s2)n1. The van der Waals surface area contributed by atoms with E-state index in [9.17, 15) is 0 Å². The zero-order valence-corrected chi connectivity index (χ0v) is 12.2. The summed E-state index contributed by atoms with van der Waals surface area (Å²) in [5, 5.41) is 7.11. The third kappa shape index (κ3) is 2.92. The molecule has 0 saturated carbocycles. The molecule has 5 nitrogen and oxygen atoms in total. The van der Waals surface area contributed by atoms with Gasteiger partial charge in [-0.1, -0.05) is 16.8 Å². The topological polar surface area (TPSA) is 64.1 Å². The maximum atomic E-state index is 6.01. The molecule has 0 aromatic carbocycles. The van der Waals surface area contributed by atoms with Crippen LogP contribution in [-0.4, -0.2) is 10.1 Å². The number of nitrogens with one attached hydrogen (secondary N) is 1. The number of hydrogen-bond donors (Lipinski definition) is 1. The van der Waals surface area contributed by atoms with Gasteiger partial charge >= 0.3 is 0 Å². The first-order valence-electron chi connectivity index (χ1n) is 6.03. The van der Waals surface area contributed by atoms with E-state index < -0.39 is 0 Å². The van der Waals surface area contributed by atoms with Crippen molar-refractivity contribution in [3.63, 3.8) is 0 Å². The Bertz CT molecular complexity index is 677. The minimum absolute atomic E-state index is 0.0882. The van der Waals surface area contributed by atoms with Crippen molar-refractivity contribution in [2.24, 2.45) is 0 Å². The van der Waals surface area contributed by atoms with Crippen LogP contribution in [0.1, 0.15) is 28.4 Å². The maximum Gasteiger partial charge on any atom is 0.240 e. The molecule has 0 fully saturated rings. The molecule has 3 heterocycles. The molecule has 0 bridgehead atoms. The van der Waals surface area contributed by atoms with Gasteiger partial charge in [-0.15, -0.1) is 11.3 Å². The molecule has 20 heavy (non-hydrogen) atoms. The highest BCUT2D eigenvalue weighted by Crippen LogP contribution is 2.31. The molecule has 1 N–H and O–H groups in total. The molecule has 0 aliphatic rings. The van der Waals surface area contributed by atoms with E-state index in [1.165, 1.54) is 11.3 Å². The third-order valence-electron chi connectivity index (χ3n) is 2.73. The van der Waals surface area contributed by atoms with Crippen LogP contribution in [0.5, 0.6) is 0 Å². The van der Waals surface area contributed by atoms with Gasteiger partial charge in [0.05, 0.1) is 17.1 Å². The van der Waals surface area contributed by atoms with E-state index in [2.05, 4.69) is 15.5 Å². The first kappa shape index (κ1) is 13.4. The van der Waals surface area contributed by atoms with Crippen LogP contribution in [-0.2, 0) is 6.54 Å². The molecule has 0 aliphatic heterocycles. The average molecular weight is 310 g/mol. The van der Waals surface area contributed by atoms with E-state index in [1.54, 1.807) is 13.2 Å². The molecule has 1 atom stereocenters. The van der Waals surface area contributed by atoms with Crippen molar-refractivity contribution in [1.82, 2.24) is 15.5 Å². The summed E-state index contributed by atoms with van der Waals surface area (Å²) in [6, 6.07) is 7.54. The molecule has 0 aliphatic carbocycles. The van der Waals surface area contributed by atoms with Crippen molar-refractivity contribution in [2.45, 2.75) is 19.5 Å². The second-order valence-corrected chi connectivity index (χ2v) is 5.95. The van der Waals surface area contributed by atoms with E-state index in [0.29, 0.717) is 18.3 Å². The van der Waals surface area contributed by atoms with Crippen molar-refractivity contribution in [3.8, 4) is 0 Å². The second kappa shape index (κ2) is 5.78. The van der Waals surface area contributed by atoms with E-state index in [4.69, 9.17) is 20.5 Å². The highest BCUT2D eigenvalue weighted by atomic mass is 35.5. The molecule has 0 spiro atoms. The van der Waals surface area contributed by atoms with Gasteiger partial charge in [-0.25, -0.2) is 0 Å². The van der Waals surface area contributed by atoms with Crippen LogP contribution in [0.15, 0.2) is 39.5 Å². The van der Waals surface area contributed by atoms with Crippen LogP contribution in [0.3, 0.4) is 0 Å². The molecule has 3 aromatic rings. The Balaban J connectivity index is 1.79. The van der Waals surface area contributed by atoms with Crippen molar-refractivity contribution in [1.29, 1.82) is 0 Å². The van der Waals surface area contributed by atoms with Gasteiger partial charge < -0.3 is 8.94 Å². The molecule has 3 aromatic heterocycles. The summed E-state index contributed by atoms with van der Waals surface area (Å²) in [5.41, 5.74) is 0. The smallest absolute Gasteiger partial charge is 0.240 e. The first-order chi connectivity index (χ1) is 9.72. The summed E-state index contributed by atoms with van der Waals surface area (Å²) in [6.45, 7) is 2.25. The lowest BCUT2D eigenvalue weighted by Crippen LogP contribution is -2.21. The molecule has 0 saturated heterocycles. The average Bonchev–Trinajstić information content (AvgIpc) is 3.13. The lowest BCUT2D eigenvalue weighted by atomic mass is 10.2. The van der Waals surface area contributed by atoms with Gasteiger partial charge in [0, 0.05) is 4.88 Å². The first-order valence-corrected chi connectivity index (χ1v) is 7.23. The highest BCUT2D eigenvalue weighted by molar-refractivity contribution is 7.16. The Morgan fingerprint density at radius 1 is 1.40 bits per heavy atom. The normalized spacial score (nSPS) is 12.7. The fourth-order valence-electron chi connectivity index (χ4n) is 1.88. The summed E-state index contributed by atoms with van der Waals surface area (Å²) in [7, 11) is 0. The number of thiophene rings is 1. The molecule has 0 radical (unpaired) electrons. The number of rotatable bonds is 5. The monoisotopic (exact) mass is 309 g/mol. The van der Waals surface area contributed by atoms with Crippen molar-refractivity contribution in [3.05, 3.63) is 57.2 Å². The third-order valence-corrected chi connectivity index (χ3v) is 4.03. The summed E-state index contributed by atoms with van der Waals surface area (Å²) in [6.07, 6.45) is 1.65. The highest BCUT2D eigenvalue weighted by Gasteiger charge is 2.19. The van der Waals surface area contributed by atoms with Gasteiger partial charge in [0.25, 0.3) is 0 Å². The van der Waals surface area contributed by atoms with Crippen LogP contribution in [0, 0.1) is 6.92 Å². The lowest BCUT2D eigenvalue weighted by Gasteiger charge is -2.13. The number of hydrogen-bond acceptors (Lipinski definition) is 6. The van der Waals surface area contributed by atoms with E-state index >= 15 is 0 Å². The fraction of sp³-hybridized carbons (Fsp3) is 0.231. The van der Waals surface area contributed by atoms with Gasteiger partial charge in [-0.2, -0.15) is 4.98 Å².